The first kappa shape index (κ1) is 23.5. The monoisotopic (exact) mass is 453 g/mol. The zero-order valence-electron chi connectivity index (χ0n) is 18.6. The number of nitrogens with one attached hydrogen (secondary N) is 2. The fourth-order valence-electron chi connectivity index (χ4n) is 3.34. The largest absolute Gasteiger partial charge is 0.383 e. The number of aromatic amines is 1. The number of rotatable bonds is 9. The van der Waals surface area contributed by atoms with Crippen LogP contribution < -0.4 is 27.2 Å². The number of hydrogen-bond acceptors (Lipinski definition) is 6. The van der Waals surface area contributed by atoms with Crippen LogP contribution in [0.15, 0.2) is 52.6 Å². The summed E-state index contributed by atoms with van der Waals surface area (Å²) in [4.78, 5) is 57.2. The van der Waals surface area contributed by atoms with Gasteiger partial charge in [-0.3, -0.25) is 23.9 Å². The predicted octanol–water partition coefficient (Wildman–Crippen LogP) is 1.42. The van der Waals surface area contributed by atoms with Crippen LogP contribution in [0.1, 0.15) is 36.5 Å². The summed E-state index contributed by atoms with van der Waals surface area (Å²) in [6.45, 7) is 2.77. The van der Waals surface area contributed by atoms with Gasteiger partial charge < -0.3 is 20.5 Å². The van der Waals surface area contributed by atoms with Gasteiger partial charge in [0.2, 0.25) is 5.91 Å². The molecule has 2 amide bonds. The van der Waals surface area contributed by atoms with Crippen LogP contribution in [0.3, 0.4) is 0 Å². The zero-order valence-corrected chi connectivity index (χ0v) is 18.6. The van der Waals surface area contributed by atoms with E-state index in [1.807, 2.05) is 6.92 Å². The van der Waals surface area contributed by atoms with Crippen molar-refractivity contribution < 1.29 is 9.59 Å². The van der Waals surface area contributed by atoms with Crippen molar-refractivity contribution in [1.29, 1.82) is 0 Å². The van der Waals surface area contributed by atoms with Crippen LogP contribution in [0.4, 0.5) is 17.2 Å². The maximum Gasteiger partial charge on any atom is 0.330 e. The van der Waals surface area contributed by atoms with Gasteiger partial charge in [-0.05, 0) is 24.6 Å². The minimum absolute atomic E-state index is 0.0722. The molecule has 1 aromatic carbocycles. The predicted molar refractivity (Wildman–Crippen MR) is 125 cm³/mol. The van der Waals surface area contributed by atoms with Gasteiger partial charge in [-0.25, -0.2) is 9.78 Å². The highest BCUT2D eigenvalue weighted by Gasteiger charge is 2.22. The number of aryl methyl sites for hydroxylation is 1. The van der Waals surface area contributed by atoms with E-state index < -0.39 is 17.2 Å². The molecule has 2 aromatic heterocycles. The molecule has 0 saturated heterocycles. The van der Waals surface area contributed by atoms with Crippen LogP contribution in [0.25, 0.3) is 0 Å². The fourth-order valence-corrected chi connectivity index (χ4v) is 3.34. The smallest absolute Gasteiger partial charge is 0.330 e. The first-order valence-electron chi connectivity index (χ1n) is 10.6. The maximum absolute atomic E-state index is 13.1. The quantitative estimate of drug-likeness (QED) is 0.446. The average molecular weight is 454 g/mol. The summed E-state index contributed by atoms with van der Waals surface area (Å²) in [7, 11) is 1.41. The van der Waals surface area contributed by atoms with Crippen LogP contribution >= 0.6 is 0 Å². The van der Waals surface area contributed by atoms with Crippen LogP contribution in [0.2, 0.25) is 0 Å². The van der Waals surface area contributed by atoms with Gasteiger partial charge in [0.05, 0.1) is 6.33 Å². The number of anilines is 3. The van der Waals surface area contributed by atoms with E-state index in [-0.39, 0.29) is 29.4 Å². The fraction of sp³-hybridized carbons (Fsp3) is 0.318. The molecular formula is C22H27N7O4. The second-order valence-corrected chi connectivity index (χ2v) is 7.54. The molecule has 0 bridgehead atoms. The van der Waals surface area contributed by atoms with E-state index >= 15 is 0 Å². The van der Waals surface area contributed by atoms with Crippen LogP contribution in [-0.4, -0.2) is 38.0 Å². The second kappa shape index (κ2) is 10.4. The van der Waals surface area contributed by atoms with Crippen molar-refractivity contribution in [3.63, 3.8) is 0 Å². The Morgan fingerprint density at radius 1 is 1.24 bits per heavy atom. The molecular weight excluding hydrogens is 426 g/mol. The van der Waals surface area contributed by atoms with E-state index in [2.05, 4.69) is 15.3 Å². The molecule has 0 fully saturated rings. The lowest BCUT2D eigenvalue weighted by Gasteiger charge is -2.20. The highest BCUT2D eigenvalue weighted by molar-refractivity contribution is 6.07. The Kier molecular flexibility index (Phi) is 7.44. The maximum atomic E-state index is 13.1. The van der Waals surface area contributed by atoms with Crippen LogP contribution in [0, 0.1) is 0 Å². The topological polar surface area (TPSA) is 148 Å². The van der Waals surface area contributed by atoms with E-state index in [9.17, 15) is 19.2 Å². The van der Waals surface area contributed by atoms with Gasteiger partial charge in [-0.1, -0.05) is 19.4 Å². The number of amides is 2. The first-order valence-corrected chi connectivity index (χ1v) is 10.6. The summed E-state index contributed by atoms with van der Waals surface area (Å²) in [6, 6.07) is 6.38. The number of imidazole rings is 1. The SMILES string of the molecule is CCCCn1c(N)c(N(C)C(=O)c2cccc(NC(=O)CCn3ccnc3)c2)c(=O)[nH]c1=O. The van der Waals surface area contributed by atoms with Gasteiger partial charge in [0.25, 0.3) is 11.5 Å². The standard InChI is InChI=1S/C22H27N7O4/c1-3-4-10-29-19(23)18(20(31)26-22(29)33)27(2)21(32)15-6-5-7-16(13-15)25-17(30)8-11-28-12-9-24-14-28/h5-7,9,12-14H,3-4,8,10-11,23H2,1-2H3,(H,25,30)(H,26,31,33). The van der Waals surface area contributed by atoms with Crippen LogP contribution in [0.5, 0.6) is 0 Å². The molecule has 4 N–H and O–H groups in total. The summed E-state index contributed by atoms with van der Waals surface area (Å²) < 4.78 is 3.04. The number of aromatic nitrogens is 4. The lowest BCUT2D eigenvalue weighted by atomic mass is 10.1. The highest BCUT2D eigenvalue weighted by atomic mass is 16.2. The van der Waals surface area contributed by atoms with E-state index in [0.717, 1.165) is 11.3 Å². The third-order valence-corrected chi connectivity index (χ3v) is 5.14. The molecule has 0 saturated carbocycles. The highest BCUT2D eigenvalue weighted by Crippen LogP contribution is 2.20. The number of carbonyl (C=O) groups is 2. The molecule has 3 aromatic rings. The van der Waals surface area contributed by atoms with Crippen LogP contribution in [-0.2, 0) is 17.9 Å². The average Bonchev–Trinajstić information content (AvgIpc) is 3.30. The van der Waals surface area contributed by atoms with Gasteiger partial charge in [0, 0.05) is 50.2 Å². The first-order chi connectivity index (χ1) is 15.8. The number of carbonyl (C=O) groups excluding carboxylic acids is 2. The number of H-pyrrole nitrogens is 1. The number of unbranched alkanes of at least 4 members (excludes halogenated alkanes) is 1. The molecule has 33 heavy (non-hydrogen) atoms. The third kappa shape index (κ3) is 5.56. The molecule has 0 aliphatic carbocycles. The molecule has 3 rings (SSSR count). The van der Waals surface area contributed by atoms with Crippen molar-refractivity contribution in [2.75, 3.05) is 23.0 Å². The van der Waals surface area contributed by atoms with E-state index in [1.165, 1.54) is 17.7 Å². The van der Waals surface area contributed by atoms with Gasteiger partial charge in [-0.15, -0.1) is 0 Å². The molecule has 0 radical (unpaired) electrons. The van der Waals surface area contributed by atoms with Crippen molar-refractivity contribution in [1.82, 2.24) is 19.1 Å². The van der Waals surface area contributed by atoms with Crippen molar-refractivity contribution in [3.05, 3.63) is 69.4 Å². The van der Waals surface area contributed by atoms with Crippen molar-refractivity contribution >= 4 is 29.0 Å². The van der Waals surface area contributed by atoms with E-state index in [4.69, 9.17) is 5.73 Å². The van der Waals surface area contributed by atoms with Crippen molar-refractivity contribution in [3.8, 4) is 0 Å². The second-order valence-electron chi connectivity index (χ2n) is 7.54. The number of hydrogen-bond donors (Lipinski definition) is 3. The minimum atomic E-state index is -0.745. The molecule has 0 aliphatic heterocycles. The normalized spacial score (nSPS) is 10.7. The number of benzene rings is 1. The number of nitrogen functional groups attached to an aromatic ring is 1. The Labute approximate surface area is 189 Å². The molecule has 174 valence electrons. The van der Waals surface area contributed by atoms with Crippen molar-refractivity contribution in [2.24, 2.45) is 0 Å². The lowest BCUT2D eigenvalue weighted by molar-refractivity contribution is -0.116. The van der Waals surface area contributed by atoms with Gasteiger partial charge in [0.1, 0.15) is 5.82 Å². The summed E-state index contributed by atoms with van der Waals surface area (Å²) in [5.74, 6) is -0.801. The molecule has 0 atom stereocenters. The van der Waals surface area contributed by atoms with Gasteiger partial charge in [-0.2, -0.15) is 0 Å². The Morgan fingerprint density at radius 2 is 2.03 bits per heavy atom. The molecule has 0 spiro atoms. The number of nitrogens with zero attached hydrogens (tertiary/aromatic N) is 4. The Balaban J connectivity index is 1.78. The zero-order chi connectivity index (χ0) is 24.0. The van der Waals surface area contributed by atoms with Gasteiger partial charge >= 0.3 is 5.69 Å². The Hall–Kier alpha value is -4.15. The molecule has 11 nitrogen and oxygen atoms in total. The van der Waals surface area contributed by atoms with Gasteiger partial charge in [0.15, 0.2) is 5.69 Å². The third-order valence-electron chi connectivity index (χ3n) is 5.14. The van der Waals surface area contributed by atoms with E-state index in [1.54, 1.807) is 41.5 Å². The molecule has 0 aliphatic rings. The minimum Gasteiger partial charge on any atom is -0.383 e. The summed E-state index contributed by atoms with van der Waals surface area (Å²) in [5, 5.41) is 2.76. The molecule has 11 heteroatoms. The molecule has 2 heterocycles. The van der Waals surface area contributed by atoms with Crippen molar-refractivity contribution in [2.45, 2.75) is 39.3 Å². The summed E-state index contributed by atoms with van der Waals surface area (Å²) in [5.41, 5.74) is 5.32. The van der Waals surface area contributed by atoms with E-state index in [0.29, 0.717) is 25.2 Å². The summed E-state index contributed by atoms with van der Waals surface area (Å²) >= 11 is 0. The summed E-state index contributed by atoms with van der Waals surface area (Å²) in [6.07, 6.45) is 6.78. The Bertz CT molecular complexity index is 1240. The number of nitrogens with two attached hydrogens (primary N) is 1. The Morgan fingerprint density at radius 3 is 2.73 bits per heavy atom. The lowest BCUT2D eigenvalue weighted by Crippen LogP contribution is -2.39. The molecule has 0 unspecified atom stereocenters.